The van der Waals surface area contributed by atoms with Gasteiger partial charge in [0.25, 0.3) is 0 Å². The van der Waals surface area contributed by atoms with E-state index in [-0.39, 0.29) is 29.6 Å². The first-order chi connectivity index (χ1) is 11.4. The summed E-state index contributed by atoms with van der Waals surface area (Å²) in [5.41, 5.74) is -0.621. The summed E-state index contributed by atoms with van der Waals surface area (Å²) in [7, 11) is 0. The molecular weight excluding hydrogens is 322 g/mol. The van der Waals surface area contributed by atoms with Gasteiger partial charge in [-0.2, -0.15) is 0 Å². The summed E-state index contributed by atoms with van der Waals surface area (Å²) >= 11 is 0. The molecule has 0 radical (unpaired) electrons. The van der Waals surface area contributed by atoms with Crippen molar-refractivity contribution >= 4 is 18.3 Å². The molecule has 1 fully saturated rings. The van der Waals surface area contributed by atoms with Crippen LogP contribution in [0.25, 0.3) is 0 Å². The van der Waals surface area contributed by atoms with Crippen molar-refractivity contribution in [3.05, 3.63) is 0 Å². The van der Waals surface area contributed by atoms with Crippen molar-refractivity contribution in [1.82, 2.24) is 5.32 Å². The Bertz CT molecular complexity index is 481. The summed E-state index contributed by atoms with van der Waals surface area (Å²) in [4.78, 5) is 35.7. The van der Waals surface area contributed by atoms with E-state index in [4.69, 9.17) is 9.47 Å². The Balaban J connectivity index is 2.90. The quantitative estimate of drug-likeness (QED) is 0.559. The average Bonchev–Trinajstić information content (AvgIpc) is 2.83. The van der Waals surface area contributed by atoms with E-state index < -0.39 is 23.8 Å². The number of aldehydes is 1. The normalized spacial score (nSPS) is 23.3. The molecule has 0 unspecified atom stereocenters. The number of alkyl carbamates (subject to hydrolysis) is 1. The van der Waals surface area contributed by atoms with Gasteiger partial charge in [-0.05, 0) is 45.4 Å². The van der Waals surface area contributed by atoms with Gasteiger partial charge in [0, 0.05) is 5.92 Å². The van der Waals surface area contributed by atoms with Gasteiger partial charge in [-0.1, -0.05) is 27.7 Å². The molecular formula is C19H33NO5. The van der Waals surface area contributed by atoms with Crippen molar-refractivity contribution in [2.24, 2.45) is 23.7 Å². The fourth-order valence-electron chi connectivity index (χ4n) is 2.96. The monoisotopic (exact) mass is 355 g/mol. The molecule has 1 heterocycles. The smallest absolute Gasteiger partial charge is 0.408 e. The second-order valence-electron chi connectivity index (χ2n) is 8.59. The first-order valence-electron chi connectivity index (χ1n) is 9.10. The van der Waals surface area contributed by atoms with E-state index >= 15 is 0 Å². The number of nitrogens with one attached hydrogen (secondary N) is 1. The minimum absolute atomic E-state index is 0.137. The highest BCUT2D eigenvalue weighted by molar-refractivity contribution is 5.75. The molecule has 144 valence electrons. The zero-order valence-electron chi connectivity index (χ0n) is 16.5. The van der Waals surface area contributed by atoms with Gasteiger partial charge < -0.3 is 19.6 Å². The topological polar surface area (TPSA) is 81.7 Å². The molecule has 1 amide bonds. The number of carbonyl (C=O) groups is 3. The number of ether oxygens (including phenoxy) is 2. The highest BCUT2D eigenvalue weighted by atomic mass is 16.6. The zero-order valence-corrected chi connectivity index (χ0v) is 16.5. The van der Waals surface area contributed by atoms with Crippen LogP contribution in [0.1, 0.15) is 61.3 Å². The van der Waals surface area contributed by atoms with Gasteiger partial charge in [-0.15, -0.1) is 0 Å². The number of cyclic esters (lactones) is 1. The van der Waals surface area contributed by atoms with Crippen LogP contribution < -0.4 is 5.32 Å². The predicted molar refractivity (Wildman–Crippen MR) is 95.0 cm³/mol. The molecule has 0 aromatic heterocycles. The average molecular weight is 355 g/mol. The Kier molecular flexibility index (Phi) is 7.44. The summed E-state index contributed by atoms with van der Waals surface area (Å²) < 4.78 is 10.9. The van der Waals surface area contributed by atoms with E-state index in [9.17, 15) is 14.4 Å². The first-order valence-corrected chi connectivity index (χ1v) is 9.10. The van der Waals surface area contributed by atoms with Crippen LogP contribution in [0.5, 0.6) is 0 Å². The van der Waals surface area contributed by atoms with Crippen LogP contribution in [-0.4, -0.2) is 36.1 Å². The zero-order chi connectivity index (χ0) is 19.4. The Hall–Kier alpha value is -1.59. The van der Waals surface area contributed by atoms with Crippen molar-refractivity contribution in [3.63, 3.8) is 0 Å². The minimum Gasteiger partial charge on any atom is -0.460 e. The maximum Gasteiger partial charge on any atom is 0.408 e. The summed E-state index contributed by atoms with van der Waals surface area (Å²) in [5, 5.41) is 2.82. The van der Waals surface area contributed by atoms with Crippen molar-refractivity contribution in [3.8, 4) is 0 Å². The maximum absolute atomic E-state index is 12.2. The minimum atomic E-state index is -0.621. The van der Waals surface area contributed by atoms with E-state index in [0.717, 1.165) is 6.29 Å². The van der Waals surface area contributed by atoms with Crippen LogP contribution in [0.3, 0.4) is 0 Å². The van der Waals surface area contributed by atoms with Gasteiger partial charge >= 0.3 is 12.1 Å². The molecule has 1 aliphatic heterocycles. The molecule has 1 rings (SSSR count). The van der Waals surface area contributed by atoms with Crippen molar-refractivity contribution < 1.29 is 23.9 Å². The van der Waals surface area contributed by atoms with Gasteiger partial charge in [0.15, 0.2) is 0 Å². The third-order valence-corrected chi connectivity index (χ3v) is 4.57. The summed E-state index contributed by atoms with van der Waals surface area (Å²) in [6.45, 7) is 13.2. The molecule has 6 heteroatoms. The van der Waals surface area contributed by atoms with Crippen molar-refractivity contribution in [2.45, 2.75) is 79.1 Å². The van der Waals surface area contributed by atoms with Crippen LogP contribution in [0, 0.1) is 23.7 Å². The second-order valence-corrected chi connectivity index (χ2v) is 8.59. The highest BCUT2D eigenvalue weighted by Gasteiger charge is 2.42. The molecule has 0 saturated carbocycles. The standard InChI is InChI=1S/C19H33NO5/c1-11(2)13(10-21)8-15(20-18(23)25-19(5,6)7)16-9-14(12(3)4)17(22)24-16/h10-16H,8-9H2,1-7H3,(H,20,23)/t13-,14+,15+,16+/m1/s1. The molecule has 0 aromatic carbocycles. The summed E-state index contributed by atoms with van der Waals surface area (Å²) in [5.74, 6) is -0.327. The van der Waals surface area contributed by atoms with E-state index in [1.807, 2.05) is 27.7 Å². The number of carbonyl (C=O) groups excluding carboxylic acids is 3. The molecule has 25 heavy (non-hydrogen) atoms. The van der Waals surface area contributed by atoms with Gasteiger partial charge in [0.1, 0.15) is 18.0 Å². The first kappa shape index (κ1) is 21.5. The van der Waals surface area contributed by atoms with Crippen LogP contribution in [-0.2, 0) is 19.1 Å². The lowest BCUT2D eigenvalue weighted by Gasteiger charge is -2.29. The predicted octanol–water partition coefficient (Wildman–Crippen LogP) is 3.33. The SMILES string of the molecule is CC(C)[C@@H]1C[C@@H]([C@H](C[C@H](C=O)C(C)C)NC(=O)OC(C)(C)C)OC1=O. The fourth-order valence-corrected chi connectivity index (χ4v) is 2.96. The summed E-state index contributed by atoms with van der Waals surface area (Å²) in [6, 6.07) is -0.444. The lowest BCUT2D eigenvalue weighted by molar-refractivity contribution is -0.146. The van der Waals surface area contributed by atoms with E-state index in [1.165, 1.54) is 0 Å². The third-order valence-electron chi connectivity index (χ3n) is 4.57. The lowest BCUT2D eigenvalue weighted by Crippen LogP contribution is -2.47. The van der Waals surface area contributed by atoms with Crippen molar-refractivity contribution in [1.29, 1.82) is 0 Å². The molecule has 0 bridgehead atoms. The number of hydrogen-bond acceptors (Lipinski definition) is 5. The molecule has 1 aliphatic rings. The summed E-state index contributed by atoms with van der Waals surface area (Å²) in [6.07, 6.45) is 0.873. The molecule has 6 nitrogen and oxygen atoms in total. The van der Waals surface area contributed by atoms with Crippen LogP contribution in [0.15, 0.2) is 0 Å². The Morgan fingerprint density at radius 2 is 1.92 bits per heavy atom. The number of rotatable bonds is 7. The molecule has 0 aromatic rings. The molecule has 1 N–H and O–H groups in total. The Morgan fingerprint density at radius 3 is 2.32 bits per heavy atom. The molecule has 0 spiro atoms. The largest absolute Gasteiger partial charge is 0.460 e. The van der Waals surface area contributed by atoms with Crippen molar-refractivity contribution in [2.75, 3.05) is 0 Å². The number of hydrogen-bond donors (Lipinski definition) is 1. The molecule has 1 saturated heterocycles. The van der Waals surface area contributed by atoms with Gasteiger partial charge in [0.05, 0.1) is 12.0 Å². The van der Waals surface area contributed by atoms with Crippen LogP contribution in [0.2, 0.25) is 0 Å². The van der Waals surface area contributed by atoms with Gasteiger partial charge in [-0.3, -0.25) is 4.79 Å². The number of amides is 1. The van der Waals surface area contributed by atoms with E-state index in [1.54, 1.807) is 20.8 Å². The Morgan fingerprint density at radius 1 is 1.32 bits per heavy atom. The lowest BCUT2D eigenvalue weighted by atomic mass is 9.85. The molecule has 4 atom stereocenters. The number of esters is 1. The fraction of sp³-hybridized carbons (Fsp3) is 0.842. The second kappa shape index (κ2) is 8.68. The van der Waals surface area contributed by atoms with Gasteiger partial charge in [-0.25, -0.2) is 4.79 Å². The third kappa shape index (κ3) is 6.67. The van der Waals surface area contributed by atoms with Crippen LogP contribution in [0.4, 0.5) is 4.79 Å². The highest BCUT2D eigenvalue weighted by Crippen LogP contribution is 2.31. The molecule has 0 aliphatic carbocycles. The van der Waals surface area contributed by atoms with E-state index in [0.29, 0.717) is 12.8 Å². The van der Waals surface area contributed by atoms with Crippen LogP contribution >= 0.6 is 0 Å². The maximum atomic E-state index is 12.2. The van der Waals surface area contributed by atoms with E-state index in [2.05, 4.69) is 5.32 Å². The Labute approximate surface area is 151 Å². The van der Waals surface area contributed by atoms with Gasteiger partial charge in [0.2, 0.25) is 0 Å².